The van der Waals surface area contributed by atoms with Crippen molar-refractivity contribution in [1.29, 1.82) is 0 Å². The van der Waals surface area contributed by atoms with E-state index < -0.39 is 87.9 Å². The molecule has 4 rings (SSSR count). The summed E-state index contributed by atoms with van der Waals surface area (Å²) in [5, 5.41) is 22.8. The lowest BCUT2D eigenvalue weighted by Crippen LogP contribution is -2.51. The Morgan fingerprint density at radius 3 is 0.846 bits per heavy atom. The third kappa shape index (κ3) is 10.8. The highest BCUT2D eigenvalue weighted by atomic mass is 32.2. The van der Waals surface area contributed by atoms with E-state index in [4.69, 9.17) is 16.7 Å². The number of hydrogen-bond donors (Lipinski definition) is 2. The molecule has 14 nitrogen and oxygen atoms in total. The summed E-state index contributed by atoms with van der Waals surface area (Å²) in [6.07, 6.45) is -9.50. The minimum atomic E-state index is -4.81. The second-order valence-electron chi connectivity index (χ2n) is 11.9. The van der Waals surface area contributed by atoms with E-state index in [2.05, 4.69) is 0 Å². The summed E-state index contributed by atoms with van der Waals surface area (Å²) < 4.78 is 126. The first-order chi connectivity index (χ1) is 24.2. The Labute approximate surface area is 304 Å². The van der Waals surface area contributed by atoms with Gasteiger partial charge in [0, 0.05) is 0 Å². The quantitative estimate of drug-likeness (QED) is 0.147. The molecule has 0 fully saturated rings. The highest BCUT2D eigenvalue weighted by Crippen LogP contribution is 2.25. The molecule has 0 aromatic heterocycles. The maximum Gasteiger partial charge on any atom is 0.297 e. The number of benzene rings is 4. The number of aliphatic hydroxyl groups is 2. The number of aryl methyl sites for hydroxylation is 4. The maximum atomic E-state index is 13.3. The zero-order chi connectivity index (χ0) is 38.5. The molecule has 0 unspecified atom stereocenters. The molecule has 4 aromatic carbocycles. The topological polar surface area (TPSA) is 214 Å². The SMILES string of the molecule is Cc1ccc(S(=O)(=O)OC[C@H](OS(=O)(=O)c2ccc(C)cc2)[C@@H](O)[C@H](O)[C@@H](COS(=O)(=O)c2ccc(C)cc2)OS(=O)(=O)c2ccc(C)cc2)cc1. The van der Waals surface area contributed by atoms with Crippen molar-refractivity contribution < 1.29 is 60.6 Å². The molecular weight excluding hydrogens is 761 g/mol. The molecule has 4 aromatic rings. The van der Waals surface area contributed by atoms with Gasteiger partial charge in [-0.3, -0.25) is 16.7 Å². The zero-order valence-corrected chi connectivity index (χ0v) is 31.7. The van der Waals surface area contributed by atoms with Crippen molar-refractivity contribution in [3.63, 3.8) is 0 Å². The van der Waals surface area contributed by atoms with E-state index in [0.29, 0.717) is 11.1 Å². The molecule has 0 radical (unpaired) electrons. The lowest BCUT2D eigenvalue weighted by molar-refractivity contribution is -0.103. The van der Waals surface area contributed by atoms with Crippen molar-refractivity contribution in [2.24, 2.45) is 0 Å². The summed E-state index contributed by atoms with van der Waals surface area (Å²) in [5.74, 6) is 0. The second-order valence-corrected chi connectivity index (χ2v) is 18.3. The molecule has 0 saturated carbocycles. The van der Waals surface area contributed by atoms with E-state index in [1.165, 1.54) is 97.1 Å². The van der Waals surface area contributed by atoms with Gasteiger partial charge >= 0.3 is 0 Å². The molecule has 18 heteroatoms. The van der Waals surface area contributed by atoms with Crippen LogP contribution < -0.4 is 0 Å². The average molecular weight is 799 g/mol. The minimum Gasteiger partial charge on any atom is -0.387 e. The van der Waals surface area contributed by atoms with Crippen molar-refractivity contribution in [2.75, 3.05) is 13.2 Å². The molecule has 0 aliphatic heterocycles. The first kappa shape index (κ1) is 41.2. The minimum absolute atomic E-state index is 0.326. The number of hydrogen-bond acceptors (Lipinski definition) is 14. The Hall–Kier alpha value is -3.56. The third-order valence-electron chi connectivity index (χ3n) is 7.63. The van der Waals surface area contributed by atoms with Crippen LogP contribution in [0, 0.1) is 27.7 Å². The molecule has 0 saturated heterocycles. The predicted molar refractivity (Wildman–Crippen MR) is 187 cm³/mol. The fourth-order valence-electron chi connectivity index (χ4n) is 4.51. The van der Waals surface area contributed by atoms with Crippen LogP contribution in [0.1, 0.15) is 22.3 Å². The van der Waals surface area contributed by atoms with E-state index >= 15 is 0 Å². The fraction of sp³-hybridized carbons (Fsp3) is 0.294. The van der Waals surface area contributed by atoms with Gasteiger partial charge < -0.3 is 10.2 Å². The van der Waals surface area contributed by atoms with Gasteiger partial charge in [0.2, 0.25) is 0 Å². The zero-order valence-electron chi connectivity index (χ0n) is 28.4. The Balaban J connectivity index is 1.70. The molecule has 0 aliphatic rings. The summed E-state index contributed by atoms with van der Waals surface area (Å²) >= 11 is 0. The Morgan fingerprint density at radius 2 is 0.615 bits per heavy atom. The molecule has 4 atom stereocenters. The van der Waals surface area contributed by atoms with Gasteiger partial charge in [-0.2, -0.15) is 33.7 Å². The second kappa shape index (κ2) is 16.6. The predicted octanol–water partition coefficient (Wildman–Crippen LogP) is 3.30. The standard InChI is InChI=1S/C34H38O14S4/c1-23-5-13-27(14-6-23)49(37,38)45-21-31(47-51(41,42)29-17-9-25(3)10-18-29)33(35)34(36)32(48-52(43,44)30-19-11-26(4)12-20-30)22-46-50(39,40)28-15-7-24(2)8-16-28/h5-20,31-36H,21-22H2,1-4H3/t31-,32+,33-,34-/m1/s1. The summed E-state index contributed by atoms with van der Waals surface area (Å²) in [6.45, 7) is 4.36. The van der Waals surface area contributed by atoms with E-state index in [1.807, 2.05) is 0 Å². The highest BCUT2D eigenvalue weighted by Gasteiger charge is 2.41. The Bertz CT molecular complexity index is 2090. The van der Waals surface area contributed by atoms with Gasteiger partial charge in [-0.25, -0.2) is 0 Å². The van der Waals surface area contributed by atoms with Gasteiger partial charge in [0.25, 0.3) is 40.5 Å². The lowest BCUT2D eigenvalue weighted by Gasteiger charge is -2.30. The average Bonchev–Trinajstić information content (AvgIpc) is 3.08. The van der Waals surface area contributed by atoms with Gasteiger partial charge in [-0.1, -0.05) is 70.8 Å². The van der Waals surface area contributed by atoms with Crippen LogP contribution >= 0.6 is 0 Å². The van der Waals surface area contributed by atoms with Crippen molar-refractivity contribution in [2.45, 2.75) is 71.7 Å². The molecule has 2 N–H and O–H groups in total. The van der Waals surface area contributed by atoms with Crippen LogP contribution in [0.4, 0.5) is 0 Å². The Morgan fingerprint density at radius 1 is 0.404 bits per heavy atom. The fourth-order valence-corrected chi connectivity index (χ4v) is 8.50. The lowest BCUT2D eigenvalue weighted by atomic mass is 10.0. The molecule has 52 heavy (non-hydrogen) atoms. The maximum absolute atomic E-state index is 13.3. The van der Waals surface area contributed by atoms with E-state index in [-0.39, 0.29) is 9.79 Å². The van der Waals surface area contributed by atoms with Crippen molar-refractivity contribution >= 4 is 40.5 Å². The highest BCUT2D eigenvalue weighted by molar-refractivity contribution is 7.87. The van der Waals surface area contributed by atoms with Crippen LogP contribution in [-0.4, -0.2) is 81.5 Å². The van der Waals surface area contributed by atoms with Crippen LogP contribution in [0.15, 0.2) is 117 Å². The first-order valence-corrected chi connectivity index (χ1v) is 21.1. The third-order valence-corrected chi connectivity index (χ3v) is 12.9. The van der Waals surface area contributed by atoms with Gasteiger partial charge in [0.1, 0.15) is 24.4 Å². The van der Waals surface area contributed by atoms with Crippen LogP contribution in [0.25, 0.3) is 0 Å². The number of aliphatic hydroxyl groups excluding tert-OH is 2. The van der Waals surface area contributed by atoms with Gasteiger partial charge in [-0.05, 0) is 76.2 Å². The van der Waals surface area contributed by atoms with Crippen molar-refractivity contribution in [1.82, 2.24) is 0 Å². The summed E-state index contributed by atoms with van der Waals surface area (Å²) in [4.78, 5) is -1.47. The van der Waals surface area contributed by atoms with E-state index in [1.54, 1.807) is 27.7 Å². The molecule has 0 amide bonds. The van der Waals surface area contributed by atoms with Crippen LogP contribution in [0.5, 0.6) is 0 Å². The van der Waals surface area contributed by atoms with Crippen molar-refractivity contribution in [3.8, 4) is 0 Å². The molecule has 0 bridgehead atoms. The summed E-state index contributed by atoms with van der Waals surface area (Å²) in [7, 11) is -18.8. The molecule has 282 valence electrons. The largest absolute Gasteiger partial charge is 0.387 e. The molecule has 0 spiro atoms. The summed E-state index contributed by atoms with van der Waals surface area (Å²) in [5.41, 5.74) is 2.82. The number of rotatable bonds is 17. The van der Waals surface area contributed by atoms with Crippen LogP contribution in [0.2, 0.25) is 0 Å². The smallest absolute Gasteiger partial charge is 0.297 e. The van der Waals surface area contributed by atoms with E-state index in [9.17, 15) is 43.9 Å². The van der Waals surface area contributed by atoms with Crippen LogP contribution in [-0.2, 0) is 57.2 Å². The van der Waals surface area contributed by atoms with Crippen LogP contribution in [0.3, 0.4) is 0 Å². The van der Waals surface area contributed by atoms with Gasteiger partial charge in [0.05, 0.1) is 32.8 Å². The van der Waals surface area contributed by atoms with Gasteiger partial charge in [0.15, 0.2) is 0 Å². The normalized spacial score (nSPS) is 15.1. The van der Waals surface area contributed by atoms with Crippen molar-refractivity contribution in [3.05, 3.63) is 119 Å². The molecule has 0 heterocycles. The molecular formula is C34H38O14S4. The summed E-state index contributed by atoms with van der Waals surface area (Å²) in [6, 6.07) is 21.3. The monoisotopic (exact) mass is 798 g/mol. The van der Waals surface area contributed by atoms with E-state index in [0.717, 1.165) is 11.1 Å². The molecule has 0 aliphatic carbocycles. The first-order valence-electron chi connectivity index (χ1n) is 15.5. The Kier molecular flexibility index (Phi) is 13.2. The van der Waals surface area contributed by atoms with Gasteiger partial charge in [-0.15, -0.1) is 0 Å².